The molecule has 3 N–H and O–H groups in total. The summed E-state index contributed by atoms with van der Waals surface area (Å²) in [7, 11) is 1.28. The van der Waals surface area contributed by atoms with Crippen molar-refractivity contribution in [3.8, 4) is 16.9 Å². The standard InChI is InChI=1S/C36H33Cl2N9O5/c1-36(2,3)52-35(50)46-19-23(26-7-5-6-8-29(26)46)18-27(33-42-31(32(38)43-33)21-9-13-25(14-10-21)40-34(49)51-4)41-30(48)16-11-22-17-24(37)12-15-28(22)47-20-39-44-45-47/h5-17,19-20,27H,18H2,1-4H3,(H,40,49)(H,41,48)(H,42,43)/b16-11+/t27-/m0/s1. The highest BCUT2D eigenvalue weighted by atomic mass is 35.5. The van der Waals surface area contributed by atoms with Crippen LogP contribution in [0.5, 0.6) is 0 Å². The maximum absolute atomic E-state index is 13.6. The van der Waals surface area contributed by atoms with Crippen molar-refractivity contribution in [2.24, 2.45) is 0 Å². The first-order valence-corrected chi connectivity index (χ1v) is 16.7. The molecule has 0 radical (unpaired) electrons. The lowest BCUT2D eigenvalue weighted by molar-refractivity contribution is -0.117. The van der Waals surface area contributed by atoms with E-state index >= 15 is 0 Å². The number of aromatic nitrogens is 7. The van der Waals surface area contributed by atoms with E-state index in [-0.39, 0.29) is 11.6 Å². The Labute approximate surface area is 307 Å². The molecular weight excluding hydrogens is 709 g/mol. The molecule has 3 aromatic carbocycles. The Kier molecular flexibility index (Phi) is 10.4. The number of H-pyrrole nitrogens is 1. The van der Waals surface area contributed by atoms with Crippen molar-refractivity contribution >= 4 is 64.0 Å². The van der Waals surface area contributed by atoms with Crippen LogP contribution in [-0.4, -0.2) is 65.5 Å². The summed E-state index contributed by atoms with van der Waals surface area (Å²) in [6, 6.07) is 18.7. The molecule has 266 valence electrons. The van der Waals surface area contributed by atoms with E-state index in [0.717, 1.165) is 10.9 Å². The molecule has 6 aromatic rings. The fourth-order valence-electron chi connectivity index (χ4n) is 5.44. The van der Waals surface area contributed by atoms with Gasteiger partial charge in [-0.05, 0) is 79.2 Å². The number of ether oxygens (including phenoxy) is 2. The molecule has 0 fully saturated rings. The number of benzene rings is 3. The number of fused-ring (bicyclic) bond motifs is 1. The van der Waals surface area contributed by atoms with E-state index in [1.54, 1.807) is 75.5 Å². The SMILES string of the molecule is COC(=O)Nc1ccc(-c2nc([C@H](Cc3cn(C(=O)OC(C)(C)C)c4ccccc34)NC(=O)/C=C/c3cc(Cl)ccc3-n3cnnn3)[nH]c2Cl)cc1. The Bertz CT molecular complexity index is 2270. The third-order valence-electron chi connectivity index (χ3n) is 7.72. The first-order valence-electron chi connectivity index (χ1n) is 15.9. The van der Waals surface area contributed by atoms with E-state index in [4.69, 9.17) is 32.9 Å². The lowest BCUT2D eigenvalue weighted by Crippen LogP contribution is -2.29. The maximum Gasteiger partial charge on any atom is 0.419 e. The van der Waals surface area contributed by atoms with Crippen molar-refractivity contribution in [2.45, 2.75) is 38.8 Å². The molecule has 3 aromatic heterocycles. The number of hydrogen-bond acceptors (Lipinski definition) is 9. The molecule has 52 heavy (non-hydrogen) atoms. The van der Waals surface area contributed by atoms with Gasteiger partial charge in [-0.2, -0.15) is 4.68 Å². The van der Waals surface area contributed by atoms with Gasteiger partial charge in [-0.25, -0.2) is 14.6 Å². The van der Waals surface area contributed by atoms with Crippen LogP contribution in [0.15, 0.2) is 85.3 Å². The van der Waals surface area contributed by atoms with Crippen molar-refractivity contribution in [1.82, 2.24) is 40.1 Å². The van der Waals surface area contributed by atoms with Crippen molar-refractivity contribution in [1.29, 1.82) is 0 Å². The van der Waals surface area contributed by atoms with Crippen LogP contribution in [-0.2, 0) is 20.7 Å². The summed E-state index contributed by atoms with van der Waals surface area (Å²) in [5.74, 6) is -0.0828. The number of nitrogens with zero attached hydrogens (tertiary/aromatic N) is 6. The fourth-order valence-corrected chi connectivity index (χ4v) is 5.87. The zero-order valence-corrected chi connectivity index (χ0v) is 29.9. The van der Waals surface area contributed by atoms with Crippen molar-refractivity contribution < 1.29 is 23.9 Å². The zero-order valence-electron chi connectivity index (χ0n) is 28.4. The van der Waals surface area contributed by atoms with Gasteiger partial charge in [-0.1, -0.05) is 53.5 Å². The lowest BCUT2D eigenvalue weighted by Gasteiger charge is -2.19. The molecule has 0 aliphatic heterocycles. The Morgan fingerprint density at radius 3 is 2.52 bits per heavy atom. The van der Waals surface area contributed by atoms with Crippen molar-refractivity contribution in [2.75, 3.05) is 12.4 Å². The normalized spacial score (nSPS) is 12.2. The summed E-state index contributed by atoms with van der Waals surface area (Å²) in [6.45, 7) is 5.40. The average molecular weight is 743 g/mol. The van der Waals surface area contributed by atoms with Crippen LogP contribution in [0.2, 0.25) is 10.2 Å². The minimum Gasteiger partial charge on any atom is -0.453 e. The molecule has 0 saturated heterocycles. The summed E-state index contributed by atoms with van der Waals surface area (Å²) in [5.41, 5.74) is 3.49. The highest BCUT2D eigenvalue weighted by Crippen LogP contribution is 2.32. The summed E-state index contributed by atoms with van der Waals surface area (Å²) in [4.78, 5) is 46.5. The van der Waals surface area contributed by atoms with Gasteiger partial charge in [0.25, 0.3) is 0 Å². The van der Waals surface area contributed by atoms with Gasteiger partial charge in [0.05, 0.1) is 24.4 Å². The number of amides is 2. The first kappa shape index (κ1) is 35.8. The molecule has 2 amide bonds. The van der Waals surface area contributed by atoms with E-state index in [2.05, 4.69) is 35.9 Å². The molecule has 16 heteroatoms. The Morgan fingerprint density at radius 2 is 1.81 bits per heavy atom. The van der Waals surface area contributed by atoms with Gasteiger partial charge in [0, 0.05) is 45.9 Å². The lowest BCUT2D eigenvalue weighted by atomic mass is 10.0. The van der Waals surface area contributed by atoms with Gasteiger partial charge in [-0.3, -0.25) is 14.7 Å². The molecule has 0 unspecified atom stereocenters. The molecular formula is C36H33Cl2N9O5. The Morgan fingerprint density at radius 1 is 1.04 bits per heavy atom. The number of aromatic amines is 1. The summed E-state index contributed by atoms with van der Waals surface area (Å²) in [6.07, 6.45) is 5.20. The van der Waals surface area contributed by atoms with Crippen LogP contribution < -0.4 is 10.6 Å². The van der Waals surface area contributed by atoms with E-state index in [1.165, 1.54) is 28.8 Å². The minimum atomic E-state index is -0.750. The van der Waals surface area contributed by atoms with Gasteiger partial charge >= 0.3 is 12.2 Å². The van der Waals surface area contributed by atoms with Gasteiger partial charge in [0.2, 0.25) is 5.91 Å². The number of para-hydroxylation sites is 1. The van der Waals surface area contributed by atoms with Crippen LogP contribution in [0.25, 0.3) is 33.9 Å². The monoisotopic (exact) mass is 741 g/mol. The highest BCUT2D eigenvalue weighted by molar-refractivity contribution is 6.32. The van der Waals surface area contributed by atoms with E-state index < -0.39 is 29.7 Å². The van der Waals surface area contributed by atoms with Gasteiger partial charge < -0.3 is 19.8 Å². The first-order chi connectivity index (χ1) is 24.9. The molecule has 0 aliphatic rings. The third-order valence-corrected chi connectivity index (χ3v) is 8.23. The number of nitrogens with one attached hydrogen (secondary N) is 3. The Hall–Kier alpha value is -5.99. The molecule has 0 saturated carbocycles. The van der Waals surface area contributed by atoms with Crippen molar-refractivity contribution in [3.63, 3.8) is 0 Å². The average Bonchev–Trinajstić information content (AvgIpc) is 3.86. The highest BCUT2D eigenvalue weighted by Gasteiger charge is 2.25. The largest absolute Gasteiger partial charge is 0.453 e. The van der Waals surface area contributed by atoms with E-state index in [0.29, 0.717) is 44.6 Å². The molecule has 6 rings (SSSR count). The number of imidazole rings is 1. The van der Waals surface area contributed by atoms with Crippen LogP contribution in [0, 0.1) is 0 Å². The molecule has 3 heterocycles. The van der Waals surface area contributed by atoms with Crippen LogP contribution in [0.1, 0.15) is 43.8 Å². The van der Waals surface area contributed by atoms with Crippen molar-refractivity contribution in [3.05, 3.63) is 112 Å². The second kappa shape index (κ2) is 15.1. The summed E-state index contributed by atoms with van der Waals surface area (Å²) in [5, 5.41) is 18.5. The predicted octanol–water partition coefficient (Wildman–Crippen LogP) is 7.39. The van der Waals surface area contributed by atoms with Gasteiger partial charge in [0.15, 0.2) is 0 Å². The molecule has 1 atom stereocenters. The number of methoxy groups -OCH3 is 1. The number of halogens is 2. The number of tetrazole rings is 1. The summed E-state index contributed by atoms with van der Waals surface area (Å²) >= 11 is 13.0. The smallest absolute Gasteiger partial charge is 0.419 e. The topological polar surface area (TPSA) is 171 Å². The number of carbonyl (C=O) groups is 3. The molecule has 0 spiro atoms. The minimum absolute atomic E-state index is 0.216. The number of rotatable bonds is 9. The Balaban J connectivity index is 1.35. The number of carbonyl (C=O) groups excluding carboxylic acids is 3. The van der Waals surface area contributed by atoms with Crippen LogP contribution in [0.3, 0.4) is 0 Å². The van der Waals surface area contributed by atoms with Gasteiger partial charge in [0.1, 0.15) is 28.6 Å². The fraction of sp³-hybridized carbons (Fsp3) is 0.194. The quantitative estimate of drug-likeness (QED) is 0.128. The van der Waals surface area contributed by atoms with Crippen LogP contribution >= 0.6 is 23.2 Å². The second-order valence-corrected chi connectivity index (χ2v) is 13.4. The molecule has 0 aliphatic carbocycles. The number of hydrogen-bond donors (Lipinski definition) is 3. The predicted molar refractivity (Wildman–Crippen MR) is 196 cm³/mol. The molecule has 0 bridgehead atoms. The zero-order chi connectivity index (χ0) is 37.0. The number of anilines is 1. The summed E-state index contributed by atoms with van der Waals surface area (Å²) < 4.78 is 13.3. The van der Waals surface area contributed by atoms with E-state index in [9.17, 15) is 14.4 Å². The van der Waals surface area contributed by atoms with E-state index in [1.807, 2.05) is 24.3 Å². The molecule has 14 nitrogen and oxygen atoms in total. The maximum atomic E-state index is 13.6. The van der Waals surface area contributed by atoms with Crippen LogP contribution in [0.4, 0.5) is 15.3 Å². The third kappa shape index (κ3) is 8.30. The van der Waals surface area contributed by atoms with Gasteiger partial charge in [-0.15, -0.1) is 5.10 Å². The second-order valence-electron chi connectivity index (χ2n) is 12.6.